The lowest BCUT2D eigenvalue weighted by Gasteiger charge is -2.27. The van der Waals surface area contributed by atoms with Gasteiger partial charge in [-0.25, -0.2) is 4.79 Å². The van der Waals surface area contributed by atoms with Crippen LogP contribution in [0.25, 0.3) is 0 Å². The van der Waals surface area contributed by atoms with Gasteiger partial charge in [0.1, 0.15) is 0 Å². The number of hydrogen-bond acceptors (Lipinski definition) is 3. The lowest BCUT2D eigenvalue weighted by atomic mass is 10.0. The molecule has 2 rings (SSSR count). The molecule has 2 fully saturated rings. The zero-order valence-electron chi connectivity index (χ0n) is 13.1. The van der Waals surface area contributed by atoms with Crippen molar-refractivity contribution in [3.05, 3.63) is 0 Å². The molecular weight excluding hydrogens is 270 g/mol. The van der Waals surface area contributed by atoms with Crippen LogP contribution in [0.2, 0.25) is 0 Å². The first-order valence-corrected chi connectivity index (χ1v) is 7.86. The maximum atomic E-state index is 12.4. The van der Waals surface area contributed by atoms with Gasteiger partial charge in [-0.2, -0.15) is 0 Å². The summed E-state index contributed by atoms with van der Waals surface area (Å²) in [5.74, 6) is 0.174. The molecule has 0 spiro atoms. The van der Waals surface area contributed by atoms with Gasteiger partial charge in [0.2, 0.25) is 0 Å². The fraction of sp³-hybridized carbons (Fsp3) is 0.867. The summed E-state index contributed by atoms with van der Waals surface area (Å²) in [5.41, 5.74) is 0. The lowest BCUT2D eigenvalue weighted by Crippen LogP contribution is -2.42. The molecule has 0 aromatic carbocycles. The van der Waals surface area contributed by atoms with Gasteiger partial charge in [0.05, 0.1) is 0 Å². The molecule has 6 nitrogen and oxygen atoms in total. The van der Waals surface area contributed by atoms with Crippen molar-refractivity contribution >= 4 is 12.0 Å². The molecule has 2 saturated heterocycles. The number of carboxylic acids is 1. The second-order valence-electron chi connectivity index (χ2n) is 6.61. The highest BCUT2D eigenvalue weighted by molar-refractivity contribution is 5.74. The maximum absolute atomic E-state index is 12.4. The van der Waals surface area contributed by atoms with Crippen LogP contribution in [0.1, 0.15) is 25.7 Å². The fourth-order valence-electron chi connectivity index (χ4n) is 3.45. The number of carboxylic acid groups (broad SMARTS) is 1. The highest BCUT2D eigenvalue weighted by Gasteiger charge is 2.30. The van der Waals surface area contributed by atoms with Gasteiger partial charge in [-0.15, -0.1) is 0 Å². The molecule has 0 radical (unpaired) electrons. The summed E-state index contributed by atoms with van der Waals surface area (Å²) in [6.07, 6.45) is 2.97. The number of likely N-dealkylation sites (tertiary alicyclic amines) is 2. The van der Waals surface area contributed by atoms with Crippen molar-refractivity contribution in [1.29, 1.82) is 0 Å². The molecule has 0 bridgehead atoms. The zero-order chi connectivity index (χ0) is 15.4. The van der Waals surface area contributed by atoms with E-state index in [1.165, 1.54) is 0 Å². The Balaban J connectivity index is 1.74. The number of hydrogen-bond donors (Lipinski definition) is 1. The Bertz CT molecular complexity index is 388. The van der Waals surface area contributed by atoms with Gasteiger partial charge in [0, 0.05) is 39.6 Å². The molecular formula is C15H27N3O3. The molecule has 0 aromatic heterocycles. The molecule has 1 N–H and O–H groups in total. The van der Waals surface area contributed by atoms with Gasteiger partial charge < -0.3 is 19.8 Å². The van der Waals surface area contributed by atoms with Gasteiger partial charge in [0.25, 0.3) is 0 Å². The van der Waals surface area contributed by atoms with Crippen molar-refractivity contribution in [1.82, 2.24) is 14.7 Å². The average Bonchev–Trinajstić information content (AvgIpc) is 3.04. The van der Waals surface area contributed by atoms with Gasteiger partial charge in [0.15, 0.2) is 0 Å². The van der Waals surface area contributed by atoms with Crippen molar-refractivity contribution in [3.8, 4) is 0 Å². The van der Waals surface area contributed by atoms with Crippen molar-refractivity contribution in [2.24, 2.45) is 11.8 Å². The van der Waals surface area contributed by atoms with Crippen molar-refractivity contribution in [2.75, 3.05) is 46.8 Å². The molecule has 2 heterocycles. The zero-order valence-corrected chi connectivity index (χ0v) is 13.1. The smallest absolute Gasteiger partial charge is 0.319 e. The van der Waals surface area contributed by atoms with E-state index in [1.54, 1.807) is 0 Å². The van der Waals surface area contributed by atoms with Crippen LogP contribution in [0, 0.1) is 11.8 Å². The van der Waals surface area contributed by atoms with E-state index in [2.05, 4.69) is 11.9 Å². The molecule has 6 heteroatoms. The molecule has 2 unspecified atom stereocenters. The number of amides is 2. The minimum absolute atomic E-state index is 0.0994. The Morgan fingerprint density at radius 1 is 1.19 bits per heavy atom. The molecule has 0 saturated carbocycles. The van der Waals surface area contributed by atoms with E-state index in [1.807, 2.05) is 16.8 Å². The molecule has 2 amide bonds. The molecule has 0 aliphatic carbocycles. The van der Waals surface area contributed by atoms with Crippen molar-refractivity contribution in [3.63, 3.8) is 0 Å². The average molecular weight is 297 g/mol. The molecule has 21 heavy (non-hydrogen) atoms. The lowest BCUT2D eigenvalue weighted by molar-refractivity contribution is -0.137. The van der Waals surface area contributed by atoms with Crippen LogP contribution in [0.15, 0.2) is 0 Å². The van der Waals surface area contributed by atoms with E-state index in [0.29, 0.717) is 24.8 Å². The van der Waals surface area contributed by atoms with Crippen LogP contribution in [-0.2, 0) is 4.79 Å². The van der Waals surface area contributed by atoms with Gasteiger partial charge >= 0.3 is 12.0 Å². The summed E-state index contributed by atoms with van der Waals surface area (Å²) < 4.78 is 0. The maximum Gasteiger partial charge on any atom is 0.319 e. The number of carbonyl (C=O) groups is 2. The van der Waals surface area contributed by atoms with E-state index < -0.39 is 5.97 Å². The molecule has 2 aliphatic rings. The monoisotopic (exact) mass is 297 g/mol. The Morgan fingerprint density at radius 3 is 2.52 bits per heavy atom. The van der Waals surface area contributed by atoms with Crippen LogP contribution in [0.3, 0.4) is 0 Å². The van der Waals surface area contributed by atoms with Crippen LogP contribution < -0.4 is 0 Å². The summed E-state index contributed by atoms with van der Waals surface area (Å²) in [7, 11) is 4.00. The van der Waals surface area contributed by atoms with E-state index in [9.17, 15) is 9.59 Å². The topological polar surface area (TPSA) is 64.1 Å². The Morgan fingerprint density at radius 2 is 1.90 bits per heavy atom. The van der Waals surface area contributed by atoms with Crippen molar-refractivity contribution in [2.45, 2.75) is 25.7 Å². The van der Waals surface area contributed by atoms with E-state index in [0.717, 1.165) is 39.0 Å². The summed E-state index contributed by atoms with van der Waals surface area (Å²) in [6, 6.07) is 0.0994. The molecule has 2 atom stereocenters. The van der Waals surface area contributed by atoms with E-state index in [-0.39, 0.29) is 12.5 Å². The molecule has 0 aromatic rings. The quantitative estimate of drug-likeness (QED) is 0.827. The van der Waals surface area contributed by atoms with Crippen molar-refractivity contribution < 1.29 is 14.7 Å². The van der Waals surface area contributed by atoms with Crippen LogP contribution >= 0.6 is 0 Å². The summed E-state index contributed by atoms with van der Waals surface area (Å²) >= 11 is 0. The second kappa shape index (κ2) is 7.11. The minimum atomic E-state index is -0.748. The van der Waals surface area contributed by atoms with Gasteiger partial charge in [-0.05, 0) is 44.7 Å². The number of carbonyl (C=O) groups excluding carboxylic acids is 1. The third-order valence-corrected chi connectivity index (χ3v) is 4.67. The Kier molecular flexibility index (Phi) is 5.45. The SMILES string of the molecule is CN1CCC(CN(C)C(=O)N2CCC(CCC(=O)O)C2)C1. The van der Waals surface area contributed by atoms with Crippen LogP contribution in [-0.4, -0.2) is 78.6 Å². The fourth-order valence-corrected chi connectivity index (χ4v) is 3.45. The van der Waals surface area contributed by atoms with E-state index in [4.69, 9.17) is 5.11 Å². The second-order valence-corrected chi connectivity index (χ2v) is 6.61. The predicted molar refractivity (Wildman–Crippen MR) is 80.2 cm³/mol. The number of urea groups is 1. The highest BCUT2D eigenvalue weighted by atomic mass is 16.4. The molecule has 120 valence electrons. The highest BCUT2D eigenvalue weighted by Crippen LogP contribution is 2.23. The van der Waals surface area contributed by atoms with Gasteiger partial charge in [-0.3, -0.25) is 4.79 Å². The first-order chi connectivity index (χ1) is 9.95. The number of nitrogens with zero attached hydrogens (tertiary/aromatic N) is 3. The third-order valence-electron chi connectivity index (χ3n) is 4.67. The standard InChI is InChI=1S/C15H27N3O3/c1-16-7-5-13(9-16)10-17(2)15(21)18-8-6-12(11-18)3-4-14(19)20/h12-13H,3-11H2,1-2H3,(H,19,20). The van der Waals surface area contributed by atoms with Crippen LogP contribution in [0.5, 0.6) is 0 Å². The molecule has 2 aliphatic heterocycles. The van der Waals surface area contributed by atoms with Gasteiger partial charge in [-0.1, -0.05) is 0 Å². The summed E-state index contributed by atoms with van der Waals surface area (Å²) in [6.45, 7) is 4.48. The number of aliphatic carboxylic acids is 1. The summed E-state index contributed by atoms with van der Waals surface area (Å²) in [5, 5.41) is 8.73. The first kappa shape index (κ1) is 16.1. The third kappa shape index (κ3) is 4.59. The predicted octanol–water partition coefficient (Wildman–Crippen LogP) is 1.18. The Hall–Kier alpha value is -1.30. The van der Waals surface area contributed by atoms with E-state index >= 15 is 0 Å². The Labute approximate surface area is 126 Å². The normalized spacial score (nSPS) is 26.3. The van der Waals surface area contributed by atoms with Crippen LogP contribution in [0.4, 0.5) is 4.79 Å². The first-order valence-electron chi connectivity index (χ1n) is 7.86. The minimum Gasteiger partial charge on any atom is -0.481 e. The summed E-state index contributed by atoms with van der Waals surface area (Å²) in [4.78, 5) is 29.1. The number of rotatable bonds is 5. The largest absolute Gasteiger partial charge is 0.481 e.